The van der Waals surface area contributed by atoms with Crippen LogP contribution in [0.1, 0.15) is 53.9 Å². The van der Waals surface area contributed by atoms with Gasteiger partial charge in [0.1, 0.15) is 18.8 Å². The predicted octanol–water partition coefficient (Wildman–Crippen LogP) is 3.57. The summed E-state index contributed by atoms with van der Waals surface area (Å²) >= 11 is 0. The van der Waals surface area contributed by atoms with E-state index < -0.39 is 30.4 Å². The van der Waals surface area contributed by atoms with Crippen molar-refractivity contribution >= 4 is 18.2 Å². The second-order valence-corrected chi connectivity index (χ2v) is 9.19. The Morgan fingerprint density at radius 3 is 2.30 bits per heavy atom. The van der Waals surface area contributed by atoms with Crippen LogP contribution in [-0.2, 0) is 19.0 Å². The Balaban J connectivity index is 2.63. The van der Waals surface area contributed by atoms with Crippen molar-refractivity contribution in [1.82, 2.24) is 10.6 Å². The van der Waals surface area contributed by atoms with Crippen LogP contribution in [0.2, 0.25) is 0 Å². The molecular formula is C22H36N2O6. The molecule has 0 aromatic heterocycles. The van der Waals surface area contributed by atoms with Gasteiger partial charge in [-0.1, -0.05) is 27.4 Å². The fraction of sp³-hybridized carbons (Fsp3) is 0.682. The van der Waals surface area contributed by atoms with E-state index >= 15 is 0 Å². The van der Waals surface area contributed by atoms with Gasteiger partial charge in [0.05, 0.1) is 0 Å². The molecule has 0 bridgehead atoms. The number of hydrogen-bond acceptors (Lipinski definition) is 6. The zero-order valence-corrected chi connectivity index (χ0v) is 18.8. The molecule has 30 heavy (non-hydrogen) atoms. The minimum absolute atomic E-state index is 0.0496. The van der Waals surface area contributed by atoms with Crippen molar-refractivity contribution in [2.75, 3.05) is 13.2 Å². The highest BCUT2D eigenvalue weighted by molar-refractivity contribution is 5.86. The van der Waals surface area contributed by atoms with Crippen LogP contribution in [0.4, 0.5) is 9.59 Å². The summed E-state index contributed by atoms with van der Waals surface area (Å²) in [5.41, 5.74) is -0.0597. The number of ether oxygens (including phenoxy) is 3. The van der Waals surface area contributed by atoms with Gasteiger partial charge >= 0.3 is 18.2 Å². The average molecular weight is 425 g/mol. The largest absolute Gasteiger partial charge is 0.458 e. The van der Waals surface area contributed by atoms with E-state index in [9.17, 15) is 14.4 Å². The Kier molecular flexibility index (Phi) is 9.18. The highest BCUT2D eigenvalue weighted by atomic mass is 16.6. The van der Waals surface area contributed by atoms with Gasteiger partial charge in [0.15, 0.2) is 0 Å². The molecule has 0 aliphatic heterocycles. The van der Waals surface area contributed by atoms with Crippen LogP contribution in [-0.4, -0.2) is 49.6 Å². The van der Waals surface area contributed by atoms with Crippen LogP contribution in [0, 0.1) is 24.7 Å². The Morgan fingerprint density at radius 1 is 1.10 bits per heavy atom. The molecule has 0 heterocycles. The lowest BCUT2D eigenvalue weighted by molar-refractivity contribution is -0.141. The zero-order chi connectivity index (χ0) is 23.1. The lowest BCUT2D eigenvalue weighted by Crippen LogP contribution is -2.56. The van der Waals surface area contributed by atoms with E-state index in [0.717, 1.165) is 19.3 Å². The van der Waals surface area contributed by atoms with Gasteiger partial charge in [0.2, 0.25) is 0 Å². The van der Waals surface area contributed by atoms with Crippen molar-refractivity contribution in [2.45, 2.75) is 72.1 Å². The molecule has 1 rings (SSSR count). The maximum Gasteiger partial charge on any atom is 0.407 e. The molecule has 2 amide bonds. The maximum atomic E-state index is 12.2. The molecule has 0 saturated heterocycles. The average Bonchev–Trinajstić information content (AvgIpc) is 2.60. The molecule has 3 unspecified atom stereocenters. The van der Waals surface area contributed by atoms with Crippen LogP contribution in [0.25, 0.3) is 0 Å². The normalized spacial score (nSPS) is 23.8. The van der Waals surface area contributed by atoms with Gasteiger partial charge in [-0.2, -0.15) is 0 Å². The van der Waals surface area contributed by atoms with E-state index in [0.29, 0.717) is 6.54 Å². The predicted molar refractivity (Wildman–Crippen MR) is 113 cm³/mol. The minimum Gasteiger partial charge on any atom is -0.458 e. The van der Waals surface area contributed by atoms with Gasteiger partial charge in [0.25, 0.3) is 0 Å². The Hall–Kier alpha value is -2.25. The molecule has 1 aliphatic carbocycles. The van der Waals surface area contributed by atoms with E-state index in [1.165, 1.54) is 0 Å². The Morgan fingerprint density at radius 2 is 1.73 bits per heavy atom. The molecule has 0 aromatic rings. The van der Waals surface area contributed by atoms with Crippen LogP contribution < -0.4 is 10.6 Å². The quantitative estimate of drug-likeness (QED) is 0.351. The third kappa shape index (κ3) is 8.63. The molecule has 1 saturated carbocycles. The van der Waals surface area contributed by atoms with E-state index in [-0.39, 0.29) is 29.1 Å². The highest BCUT2D eigenvalue weighted by Crippen LogP contribution is 2.44. The van der Waals surface area contributed by atoms with E-state index in [2.05, 4.69) is 44.9 Å². The molecule has 8 nitrogen and oxygen atoms in total. The van der Waals surface area contributed by atoms with Crippen LogP contribution in [0.15, 0.2) is 12.2 Å². The van der Waals surface area contributed by atoms with Crippen molar-refractivity contribution in [3.8, 4) is 0 Å². The van der Waals surface area contributed by atoms with Crippen molar-refractivity contribution in [3.63, 3.8) is 0 Å². The van der Waals surface area contributed by atoms with Gasteiger partial charge in [-0.3, -0.25) is 0 Å². The summed E-state index contributed by atoms with van der Waals surface area (Å²) in [6.45, 7) is 20.3. The zero-order valence-electron chi connectivity index (χ0n) is 18.8. The first-order valence-electron chi connectivity index (χ1n) is 10.1. The van der Waals surface area contributed by atoms with Crippen LogP contribution in [0.5, 0.6) is 0 Å². The van der Waals surface area contributed by atoms with Gasteiger partial charge in [-0.25, -0.2) is 14.4 Å². The monoisotopic (exact) mass is 424 g/mol. The van der Waals surface area contributed by atoms with E-state index in [1.807, 2.05) is 6.92 Å². The van der Waals surface area contributed by atoms with Crippen molar-refractivity contribution in [1.29, 1.82) is 0 Å². The summed E-state index contributed by atoms with van der Waals surface area (Å²) in [6, 6.07) is -0.207. The number of amides is 2. The third-order valence-electron chi connectivity index (χ3n) is 5.28. The lowest BCUT2D eigenvalue weighted by Gasteiger charge is -2.47. The first-order chi connectivity index (χ1) is 13.7. The molecule has 3 atom stereocenters. The molecule has 1 aliphatic rings. The van der Waals surface area contributed by atoms with Gasteiger partial charge in [0, 0.05) is 23.6 Å². The molecule has 8 heteroatoms. The van der Waals surface area contributed by atoms with Gasteiger partial charge in [-0.05, 0) is 52.4 Å². The van der Waals surface area contributed by atoms with Crippen molar-refractivity contribution in [3.05, 3.63) is 26.0 Å². The second-order valence-electron chi connectivity index (χ2n) is 9.19. The summed E-state index contributed by atoms with van der Waals surface area (Å²) in [6.07, 6.45) is -0.0147. The molecule has 2 N–H and O–H groups in total. The lowest BCUT2D eigenvalue weighted by atomic mass is 9.63. The van der Waals surface area contributed by atoms with Gasteiger partial charge in [-0.15, -0.1) is 0 Å². The number of carbonyl (C=O) groups excluding carboxylic acids is 3. The Bertz CT molecular complexity index is 646. The molecule has 0 spiro atoms. The van der Waals surface area contributed by atoms with Crippen LogP contribution >= 0.6 is 0 Å². The summed E-state index contributed by atoms with van der Waals surface area (Å²) in [4.78, 5) is 35.7. The number of alkyl carbamates (subject to hydrolysis) is 2. The highest BCUT2D eigenvalue weighted by Gasteiger charge is 2.44. The first-order valence-corrected chi connectivity index (χ1v) is 10.1. The van der Waals surface area contributed by atoms with E-state index in [4.69, 9.17) is 14.2 Å². The smallest absolute Gasteiger partial charge is 0.407 e. The summed E-state index contributed by atoms with van der Waals surface area (Å²) < 4.78 is 15.2. The van der Waals surface area contributed by atoms with E-state index in [1.54, 1.807) is 13.8 Å². The summed E-state index contributed by atoms with van der Waals surface area (Å²) in [5.74, 6) is -0.532. The molecular weight excluding hydrogens is 388 g/mol. The maximum absolute atomic E-state index is 12.2. The second kappa shape index (κ2) is 10.7. The van der Waals surface area contributed by atoms with Gasteiger partial charge < -0.3 is 24.8 Å². The van der Waals surface area contributed by atoms with Crippen molar-refractivity contribution < 1.29 is 28.6 Å². The minimum atomic E-state index is -0.707. The number of nitrogens with one attached hydrogen (secondary N) is 2. The molecule has 2 radical (unpaired) electrons. The number of hydrogen-bond donors (Lipinski definition) is 2. The molecule has 0 aromatic carbocycles. The number of carbonyl (C=O) groups is 3. The summed E-state index contributed by atoms with van der Waals surface area (Å²) in [7, 11) is 0. The summed E-state index contributed by atoms with van der Waals surface area (Å²) in [5, 5.41) is 5.67. The van der Waals surface area contributed by atoms with Crippen LogP contribution in [0.3, 0.4) is 0 Å². The Labute approximate surface area is 180 Å². The number of esters is 1. The first kappa shape index (κ1) is 25.8. The van der Waals surface area contributed by atoms with Crippen molar-refractivity contribution in [2.24, 2.45) is 10.8 Å². The standard InChI is InChI=1S/C22H36N2O6/c1-14(2)18(25)28-12-16(5)30-19(26)23-13-22(8)10-9-21(6,7)11-17(22)24-20(27)29-15(3)4/h15-17H,1,3-4,9-13H2,2,5-8H3,(H,23,26)(H,24,27). The molecule has 1 fully saturated rings. The fourth-order valence-electron chi connectivity index (χ4n) is 3.31. The fourth-order valence-corrected chi connectivity index (χ4v) is 3.31. The SMILES string of the molecule is [CH2]C([CH2])OC(=O)NC1CC(C)(C)CCC1(C)CNC(=O)OC(C)COC(=O)C(=C)C. The molecule has 170 valence electrons. The number of rotatable bonds is 8. The topological polar surface area (TPSA) is 103 Å². The third-order valence-corrected chi connectivity index (χ3v) is 5.28.